The number of benzene rings is 1. The van der Waals surface area contributed by atoms with Crippen LogP contribution in [0.4, 0.5) is 0 Å². The molecule has 0 aromatic heterocycles. The zero-order valence-electron chi connectivity index (χ0n) is 12.0. The van der Waals surface area contributed by atoms with E-state index in [2.05, 4.69) is 17.6 Å². The normalized spacial score (nSPS) is 12.0. The summed E-state index contributed by atoms with van der Waals surface area (Å²) in [4.78, 5) is 12.2. The van der Waals surface area contributed by atoms with Crippen LogP contribution in [0.2, 0.25) is 0 Å². The predicted octanol–water partition coefficient (Wildman–Crippen LogP) is 2.62. The van der Waals surface area contributed by atoms with Crippen LogP contribution in [0, 0.1) is 0 Å². The Balaban J connectivity index is 3.06. The van der Waals surface area contributed by atoms with Crippen molar-refractivity contribution >= 4 is 15.7 Å². The van der Waals surface area contributed by atoms with Crippen molar-refractivity contribution in [3.8, 4) is 0 Å². The van der Waals surface area contributed by atoms with Crippen LogP contribution in [0.5, 0.6) is 0 Å². The van der Waals surface area contributed by atoms with Gasteiger partial charge in [-0.15, -0.1) is 5.73 Å². The van der Waals surface area contributed by atoms with Crippen LogP contribution in [-0.2, 0) is 9.84 Å². The molecule has 1 rings (SSSR count). The van der Waals surface area contributed by atoms with Gasteiger partial charge in [0.05, 0.1) is 4.90 Å². The third kappa shape index (κ3) is 5.26. The fraction of sp³-hybridized carbons (Fsp3) is 0.125. The van der Waals surface area contributed by atoms with Gasteiger partial charge >= 0.3 is 0 Å². The van der Waals surface area contributed by atoms with E-state index < -0.39 is 15.7 Å². The Morgan fingerprint density at radius 2 is 2.10 bits per heavy atom. The lowest BCUT2D eigenvalue weighted by Crippen LogP contribution is -2.22. The fourth-order valence-electron chi connectivity index (χ4n) is 1.51. The Morgan fingerprint density at radius 1 is 1.38 bits per heavy atom. The minimum atomic E-state index is -3.35. The van der Waals surface area contributed by atoms with Crippen LogP contribution in [0.3, 0.4) is 0 Å². The molecule has 1 N–H and O–H groups in total. The molecule has 0 fully saturated rings. The molecule has 5 heteroatoms. The summed E-state index contributed by atoms with van der Waals surface area (Å²) in [6.45, 7) is 5.31. The Morgan fingerprint density at radius 3 is 2.67 bits per heavy atom. The second kappa shape index (κ2) is 7.43. The van der Waals surface area contributed by atoms with E-state index in [-0.39, 0.29) is 10.5 Å². The maximum Gasteiger partial charge on any atom is 0.255 e. The molecule has 0 unspecified atom stereocenters. The van der Waals surface area contributed by atoms with Crippen LogP contribution in [-0.4, -0.2) is 20.6 Å². The Labute approximate surface area is 125 Å². The third-order valence-corrected chi connectivity index (χ3v) is 3.62. The van der Waals surface area contributed by atoms with Gasteiger partial charge in [-0.05, 0) is 31.2 Å². The minimum Gasteiger partial charge on any atom is -0.321 e. The number of sulfone groups is 1. The summed E-state index contributed by atoms with van der Waals surface area (Å²) in [5.41, 5.74) is 3.36. The van der Waals surface area contributed by atoms with Gasteiger partial charge in [0.25, 0.3) is 5.91 Å². The van der Waals surface area contributed by atoms with E-state index in [1.165, 1.54) is 24.3 Å². The zero-order valence-corrected chi connectivity index (χ0v) is 12.8. The molecule has 1 aromatic rings. The summed E-state index contributed by atoms with van der Waals surface area (Å²) in [6.07, 6.45) is 7.89. The van der Waals surface area contributed by atoms with Crippen molar-refractivity contribution in [2.24, 2.45) is 0 Å². The van der Waals surface area contributed by atoms with Crippen molar-refractivity contribution < 1.29 is 13.2 Å². The number of hydrogen-bond acceptors (Lipinski definition) is 3. The maximum absolute atomic E-state index is 12.1. The van der Waals surface area contributed by atoms with Crippen LogP contribution >= 0.6 is 0 Å². The van der Waals surface area contributed by atoms with Gasteiger partial charge in [0, 0.05) is 23.6 Å². The molecule has 0 spiro atoms. The topological polar surface area (TPSA) is 63.2 Å². The molecular formula is C16H17NO3S. The molecule has 1 amide bonds. The Kier molecular flexibility index (Phi) is 5.91. The highest BCUT2D eigenvalue weighted by Gasteiger charge is 2.11. The van der Waals surface area contributed by atoms with E-state index in [4.69, 9.17) is 0 Å². The molecule has 0 aliphatic carbocycles. The van der Waals surface area contributed by atoms with Crippen molar-refractivity contribution in [3.63, 3.8) is 0 Å². The number of amides is 1. The summed E-state index contributed by atoms with van der Waals surface area (Å²) in [5.74, 6) is -0.400. The highest BCUT2D eigenvalue weighted by Crippen LogP contribution is 2.11. The highest BCUT2D eigenvalue weighted by molar-refractivity contribution is 7.90. The number of hydrogen-bond donors (Lipinski definition) is 1. The quantitative estimate of drug-likeness (QED) is 0.672. The average Bonchev–Trinajstić information content (AvgIpc) is 2.44. The molecule has 0 heterocycles. The van der Waals surface area contributed by atoms with Crippen molar-refractivity contribution in [1.82, 2.24) is 5.32 Å². The highest BCUT2D eigenvalue weighted by atomic mass is 32.2. The summed E-state index contributed by atoms with van der Waals surface area (Å²) in [5, 5.41) is 2.67. The lowest BCUT2D eigenvalue weighted by molar-refractivity contribution is 0.0967. The van der Waals surface area contributed by atoms with Gasteiger partial charge in [-0.3, -0.25) is 4.79 Å². The van der Waals surface area contributed by atoms with Crippen LogP contribution in [0.25, 0.3) is 0 Å². The average molecular weight is 303 g/mol. The number of allylic oxidation sites excluding steroid dienone is 4. The molecular weight excluding hydrogens is 286 g/mol. The van der Waals surface area contributed by atoms with E-state index in [9.17, 15) is 13.2 Å². The van der Waals surface area contributed by atoms with Gasteiger partial charge in [-0.2, -0.15) is 0 Å². The molecule has 110 valence electrons. The summed E-state index contributed by atoms with van der Waals surface area (Å²) in [7, 11) is -3.35. The first-order valence-corrected chi connectivity index (χ1v) is 8.08. The van der Waals surface area contributed by atoms with Gasteiger partial charge in [0.2, 0.25) is 0 Å². The SMILES string of the molecule is C=C=C/C(=C\C=C/C)NC(=O)c1cccc(S(C)(=O)=O)c1. The van der Waals surface area contributed by atoms with E-state index in [1.807, 2.05) is 13.0 Å². The first kappa shape index (κ1) is 16.7. The van der Waals surface area contributed by atoms with Gasteiger partial charge in [-0.25, -0.2) is 8.42 Å². The molecule has 0 radical (unpaired) electrons. The van der Waals surface area contributed by atoms with Gasteiger partial charge in [0.1, 0.15) is 0 Å². The third-order valence-electron chi connectivity index (χ3n) is 2.51. The molecule has 1 aromatic carbocycles. The zero-order chi connectivity index (χ0) is 15.9. The minimum absolute atomic E-state index is 0.105. The predicted molar refractivity (Wildman–Crippen MR) is 83.6 cm³/mol. The Hall–Kier alpha value is -2.36. The van der Waals surface area contributed by atoms with E-state index in [0.717, 1.165) is 6.26 Å². The standard InChI is InChI=1S/C16H17NO3S/c1-4-6-10-14(8-5-2)17-16(18)13-9-7-11-15(12-13)21(3,19)20/h4,6-12H,2H2,1,3H3,(H,17,18)/b6-4-,14-10+. The van der Waals surface area contributed by atoms with E-state index in [1.54, 1.807) is 18.2 Å². The molecule has 0 aliphatic heterocycles. The molecule has 4 nitrogen and oxygen atoms in total. The largest absolute Gasteiger partial charge is 0.321 e. The summed E-state index contributed by atoms with van der Waals surface area (Å²) in [6, 6.07) is 5.88. The van der Waals surface area contributed by atoms with Crippen LogP contribution in [0.15, 0.2) is 71.5 Å². The molecule has 0 bridgehead atoms. The second-order valence-corrected chi connectivity index (χ2v) is 6.27. The van der Waals surface area contributed by atoms with Gasteiger partial charge < -0.3 is 5.32 Å². The van der Waals surface area contributed by atoms with E-state index in [0.29, 0.717) is 5.70 Å². The van der Waals surface area contributed by atoms with Gasteiger partial charge in [0.15, 0.2) is 9.84 Å². The maximum atomic E-state index is 12.1. The number of nitrogens with one attached hydrogen (secondary N) is 1. The first-order valence-electron chi connectivity index (χ1n) is 6.18. The van der Waals surface area contributed by atoms with Crippen molar-refractivity contribution in [3.05, 3.63) is 72.1 Å². The monoisotopic (exact) mass is 303 g/mol. The van der Waals surface area contributed by atoms with Crippen molar-refractivity contribution in [2.45, 2.75) is 11.8 Å². The van der Waals surface area contributed by atoms with E-state index >= 15 is 0 Å². The van der Waals surface area contributed by atoms with Crippen molar-refractivity contribution in [1.29, 1.82) is 0 Å². The molecule has 0 saturated carbocycles. The Bertz CT molecular complexity index is 737. The smallest absolute Gasteiger partial charge is 0.255 e. The first-order chi connectivity index (χ1) is 9.88. The summed E-state index contributed by atoms with van der Waals surface area (Å²) < 4.78 is 23.0. The molecule has 0 aliphatic rings. The number of carbonyl (C=O) groups excluding carboxylic acids is 1. The fourth-order valence-corrected chi connectivity index (χ4v) is 2.17. The van der Waals surface area contributed by atoms with Crippen molar-refractivity contribution in [2.75, 3.05) is 6.26 Å². The van der Waals surface area contributed by atoms with Crippen LogP contribution in [0.1, 0.15) is 17.3 Å². The molecule has 21 heavy (non-hydrogen) atoms. The molecule has 0 atom stereocenters. The molecule has 0 saturated heterocycles. The lowest BCUT2D eigenvalue weighted by atomic mass is 10.2. The lowest BCUT2D eigenvalue weighted by Gasteiger charge is -2.06. The second-order valence-electron chi connectivity index (χ2n) is 4.25. The number of rotatable bonds is 5. The summed E-state index contributed by atoms with van der Waals surface area (Å²) >= 11 is 0. The number of carbonyl (C=O) groups is 1. The van der Waals surface area contributed by atoms with Gasteiger partial charge in [-0.1, -0.05) is 24.8 Å². The van der Waals surface area contributed by atoms with Crippen LogP contribution < -0.4 is 5.32 Å².